The van der Waals surface area contributed by atoms with E-state index in [1.54, 1.807) is 0 Å². The summed E-state index contributed by atoms with van der Waals surface area (Å²) in [6, 6.07) is 4.72. The Labute approximate surface area is 161 Å². The molecule has 0 saturated heterocycles. The van der Waals surface area contributed by atoms with Gasteiger partial charge in [0, 0.05) is 9.79 Å². The predicted octanol–water partition coefficient (Wildman–Crippen LogP) is 4.25. The average Bonchev–Trinajstić information content (AvgIpc) is 2.55. The molecule has 0 aliphatic carbocycles. The SMILES string of the molecule is NNc1cc(C(c2ccc(S)c(NN)c2)(C(F)(F)F)C(F)(F)F)ccc1S. The number of thiol groups is 2. The van der Waals surface area contributed by atoms with E-state index in [1.807, 2.05) is 10.9 Å². The van der Waals surface area contributed by atoms with Gasteiger partial charge >= 0.3 is 12.4 Å². The zero-order chi connectivity index (χ0) is 20.6. The van der Waals surface area contributed by atoms with E-state index in [1.165, 1.54) is 0 Å². The first-order valence-electron chi connectivity index (χ1n) is 7.13. The van der Waals surface area contributed by atoms with Crippen molar-refractivity contribution in [2.24, 2.45) is 11.7 Å². The molecule has 2 rings (SSSR count). The number of benzene rings is 2. The molecule has 0 saturated carbocycles. The molecule has 12 heteroatoms. The highest BCUT2D eigenvalue weighted by molar-refractivity contribution is 7.80. The zero-order valence-electron chi connectivity index (χ0n) is 13.3. The summed E-state index contributed by atoms with van der Waals surface area (Å²) in [5.74, 6) is 10.4. The van der Waals surface area contributed by atoms with Crippen molar-refractivity contribution in [1.29, 1.82) is 0 Å². The van der Waals surface area contributed by atoms with Crippen LogP contribution < -0.4 is 22.5 Å². The van der Waals surface area contributed by atoms with Crippen molar-refractivity contribution < 1.29 is 26.3 Å². The lowest BCUT2D eigenvalue weighted by Crippen LogP contribution is -2.54. The molecule has 0 atom stereocenters. The van der Waals surface area contributed by atoms with Gasteiger partial charge in [-0.25, -0.2) is 0 Å². The van der Waals surface area contributed by atoms with E-state index in [0.29, 0.717) is 24.3 Å². The molecule has 0 bridgehead atoms. The minimum atomic E-state index is -5.74. The Kier molecular flexibility index (Phi) is 5.85. The van der Waals surface area contributed by atoms with Crippen LogP contribution >= 0.6 is 25.3 Å². The number of nitrogens with one attached hydrogen (secondary N) is 2. The Morgan fingerprint density at radius 1 is 0.667 bits per heavy atom. The van der Waals surface area contributed by atoms with Crippen molar-refractivity contribution in [2.45, 2.75) is 27.6 Å². The molecule has 0 spiro atoms. The third kappa shape index (κ3) is 3.53. The van der Waals surface area contributed by atoms with Crippen LogP contribution in [-0.2, 0) is 5.41 Å². The van der Waals surface area contributed by atoms with Crippen LogP contribution in [0, 0.1) is 0 Å². The van der Waals surface area contributed by atoms with Crippen molar-refractivity contribution >= 4 is 36.6 Å². The smallest absolute Gasteiger partial charge is 0.323 e. The normalized spacial score (nSPS) is 12.8. The zero-order valence-corrected chi connectivity index (χ0v) is 15.1. The summed E-state index contributed by atoms with van der Waals surface area (Å²) in [5, 5.41) is 0. The second-order valence-electron chi connectivity index (χ2n) is 5.50. The molecular formula is C15H14F6N4S2. The molecule has 27 heavy (non-hydrogen) atoms. The van der Waals surface area contributed by atoms with Gasteiger partial charge in [0.2, 0.25) is 5.41 Å². The number of halogens is 6. The van der Waals surface area contributed by atoms with Crippen molar-refractivity contribution in [3.05, 3.63) is 47.5 Å². The quantitative estimate of drug-likeness (QED) is 0.191. The van der Waals surface area contributed by atoms with Gasteiger partial charge in [-0.1, -0.05) is 12.1 Å². The lowest BCUT2D eigenvalue weighted by atomic mass is 9.72. The number of alkyl halides is 6. The molecule has 0 amide bonds. The van der Waals surface area contributed by atoms with E-state index >= 15 is 0 Å². The van der Waals surface area contributed by atoms with Gasteiger partial charge in [-0.2, -0.15) is 26.3 Å². The Hall–Kier alpha value is -1.76. The summed E-state index contributed by atoms with van der Waals surface area (Å²) in [7, 11) is 0. The van der Waals surface area contributed by atoms with Gasteiger partial charge in [0.15, 0.2) is 0 Å². The van der Waals surface area contributed by atoms with Gasteiger partial charge in [0.05, 0.1) is 11.4 Å². The molecule has 0 aliphatic rings. The van der Waals surface area contributed by atoms with Gasteiger partial charge < -0.3 is 10.9 Å². The highest BCUT2D eigenvalue weighted by Gasteiger charge is 2.72. The van der Waals surface area contributed by atoms with E-state index in [-0.39, 0.29) is 21.2 Å². The van der Waals surface area contributed by atoms with Crippen LogP contribution in [0.4, 0.5) is 37.7 Å². The second kappa shape index (κ2) is 7.34. The molecule has 0 fully saturated rings. The Morgan fingerprint density at radius 2 is 1.00 bits per heavy atom. The van der Waals surface area contributed by atoms with Crippen LogP contribution in [-0.4, -0.2) is 12.4 Å². The molecule has 0 aromatic heterocycles. The fourth-order valence-corrected chi connectivity index (χ4v) is 3.16. The number of nitrogen functional groups attached to an aromatic ring is 2. The largest absolute Gasteiger partial charge is 0.411 e. The lowest BCUT2D eigenvalue weighted by molar-refractivity contribution is -0.288. The fourth-order valence-electron chi connectivity index (χ4n) is 2.75. The summed E-state index contributed by atoms with van der Waals surface area (Å²) >= 11 is 7.91. The molecule has 4 nitrogen and oxygen atoms in total. The Bertz CT molecular complexity index is 769. The van der Waals surface area contributed by atoms with E-state index in [9.17, 15) is 26.3 Å². The van der Waals surface area contributed by atoms with Crippen LogP contribution in [0.1, 0.15) is 11.1 Å². The summed E-state index contributed by atoms with van der Waals surface area (Å²) in [6.45, 7) is 0. The van der Waals surface area contributed by atoms with E-state index in [4.69, 9.17) is 11.7 Å². The molecule has 0 aliphatic heterocycles. The van der Waals surface area contributed by atoms with Gasteiger partial charge in [0.25, 0.3) is 0 Å². The van der Waals surface area contributed by atoms with Crippen LogP contribution in [0.3, 0.4) is 0 Å². The monoisotopic (exact) mass is 428 g/mol. The minimum Gasteiger partial charge on any atom is -0.323 e. The molecule has 0 unspecified atom stereocenters. The summed E-state index contributed by atoms with van der Waals surface area (Å²) in [5.41, 5.74) is -2.81. The number of anilines is 2. The van der Waals surface area contributed by atoms with E-state index in [2.05, 4.69) is 25.3 Å². The first-order valence-corrected chi connectivity index (χ1v) is 8.03. The highest BCUT2D eigenvalue weighted by atomic mass is 32.1. The van der Waals surface area contributed by atoms with Crippen molar-refractivity contribution in [1.82, 2.24) is 0 Å². The Morgan fingerprint density at radius 3 is 1.26 bits per heavy atom. The molecule has 0 radical (unpaired) electrons. The molecule has 2 aromatic carbocycles. The van der Waals surface area contributed by atoms with Gasteiger partial charge in [-0.05, 0) is 35.4 Å². The molecule has 6 N–H and O–H groups in total. The van der Waals surface area contributed by atoms with Crippen LogP contribution in [0.15, 0.2) is 46.2 Å². The molecule has 2 aromatic rings. The topological polar surface area (TPSA) is 76.1 Å². The van der Waals surface area contributed by atoms with Crippen molar-refractivity contribution in [3.63, 3.8) is 0 Å². The Balaban J connectivity index is 2.96. The predicted molar refractivity (Wildman–Crippen MR) is 95.9 cm³/mol. The van der Waals surface area contributed by atoms with Gasteiger partial charge in [0.1, 0.15) is 0 Å². The lowest BCUT2D eigenvalue weighted by Gasteiger charge is -2.38. The number of hydrogen-bond donors (Lipinski definition) is 6. The van der Waals surface area contributed by atoms with Gasteiger partial charge in [-0.3, -0.25) is 11.7 Å². The van der Waals surface area contributed by atoms with E-state index in [0.717, 1.165) is 12.1 Å². The molecular weight excluding hydrogens is 414 g/mol. The number of rotatable bonds is 4. The summed E-state index contributed by atoms with van der Waals surface area (Å²) in [6.07, 6.45) is -11.5. The third-order valence-electron chi connectivity index (χ3n) is 4.02. The second-order valence-corrected chi connectivity index (χ2v) is 6.46. The molecule has 148 valence electrons. The van der Waals surface area contributed by atoms with Crippen LogP contribution in [0.25, 0.3) is 0 Å². The average molecular weight is 428 g/mol. The van der Waals surface area contributed by atoms with Crippen molar-refractivity contribution in [2.75, 3.05) is 10.9 Å². The van der Waals surface area contributed by atoms with Gasteiger partial charge in [-0.15, -0.1) is 25.3 Å². The summed E-state index contributed by atoms with van der Waals surface area (Å²) < 4.78 is 84.3. The highest BCUT2D eigenvalue weighted by Crippen LogP contribution is 2.57. The fraction of sp³-hybridized carbons (Fsp3) is 0.200. The standard InChI is InChI=1S/C15H14F6N4S2/c16-14(17,18)13(15(19,20)21,7-1-3-11(26)9(5-7)24-22)8-2-4-12(27)10(6-8)25-23/h1-6,24-27H,22-23H2. The third-order valence-corrected chi connectivity index (χ3v) is 4.80. The first kappa shape index (κ1) is 21.5. The number of nitrogens with two attached hydrogens (primary N) is 2. The molecule has 0 heterocycles. The summed E-state index contributed by atoms with van der Waals surface area (Å²) in [4.78, 5) is 0.157. The van der Waals surface area contributed by atoms with E-state index < -0.39 is 28.9 Å². The minimum absolute atomic E-state index is 0.0783. The maximum Gasteiger partial charge on any atom is 0.411 e. The number of hydrazine groups is 2. The van der Waals surface area contributed by atoms with Crippen LogP contribution in [0.2, 0.25) is 0 Å². The van der Waals surface area contributed by atoms with Crippen molar-refractivity contribution in [3.8, 4) is 0 Å². The maximum absolute atomic E-state index is 14.1. The number of hydrogen-bond acceptors (Lipinski definition) is 6. The first-order chi connectivity index (χ1) is 12.4. The maximum atomic E-state index is 14.1. The van der Waals surface area contributed by atoms with Crippen LogP contribution in [0.5, 0.6) is 0 Å².